The first-order valence-corrected chi connectivity index (χ1v) is 10.9. The maximum atomic E-state index is 12.4. The number of nitrogens with one attached hydrogen (secondary N) is 1. The third-order valence-electron chi connectivity index (χ3n) is 5.59. The molecule has 2 amide bonds. The zero-order valence-corrected chi connectivity index (χ0v) is 19.8. The smallest absolute Gasteiger partial charge is 0.323 e. The fourth-order valence-corrected chi connectivity index (χ4v) is 3.73. The number of pyridine rings is 1. The number of carbonyl (C=O) groups excluding carboxylic acids is 1. The number of nitrogens with zero attached hydrogens (tertiary/aromatic N) is 7. The van der Waals surface area contributed by atoms with Gasteiger partial charge in [-0.25, -0.2) is 24.3 Å². The van der Waals surface area contributed by atoms with E-state index in [1.165, 1.54) is 17.6 Å². The molecule has 1 N–H and O–H groups in total. The molecule has 2 aromatic carbocycles. The molecular formula is C25H24N8O2. The van der Waals surface area contributed by atoms with Crippen molar-refractivity contribution >= 4 is 39.8 Å². The molecule has 10 nitrogen and oxygen atoms in total. The lowest BCUT2D eigenvalue weighted by Gasteiger charge is -2.22. The van der Waals surface area contributed by atoms with Gasteiger partial charge in [0.2, 0.25) is 0 Å². The number of benzene rings is 2. The summed E-state index contributed by atoms with van der Waals surface area (Å²) < 4.78 is 7.75. The van der Waals surface area contributed by atoms with E-state index in [2.05, 4.69) is 25.4 Å². The van der Waals surface area contributed by atoms with Gasteiger partial charge >= 0.3 is 6.03 Å². The Labute approximate surface area is 201 Å². The van der Waals surface area contributed by atoms with Crippen LogP contribution in [0.5, 0.6) is 11.5 Å². The summed E-state index contributed by atoms with van der Waals surface area (Å²) in [5.41, 5.74) is 4.04. The molecule has 5 rings (SSSR count). The van der Waals surface area contributed by atoms with Gasteiger partial charge in [0.15, 0.2) is 5.65 Å². The van der Waals surface area contributed by atoms with Crippen molar-refractivity contribution in [2.45, 2.75) is 6.92 Å². The molecule has 3 aromatic heterocycles. The molecule has 0 aliphatic rings. The Morgan fingerprint density at radius 3 is 2.63 bits per heavy atom. The molecule has 0 saturated heterocycles. The maximum absolute atomic E-state index is 12.4. The van der Waals surface area contributed by atoms with Gasteiger partial charge in [-0.1, -0.05) is 0 Å². The van der Waals surface area contributed by atoms with Gasteiger partial charge in [-0.2, -0.15) is 5.10 Å². The summed E-state index contributed by atoms with van der Waals surface area (Å²) in [6.07, 6.45) is 4.83. The number of hydrogen-bond acceptors (Lipinski definition) is 7. The largest absolute Gasteiger partial charge is 0.457 e. The lowest BCUT2D eigenvalue weighted by atomic mass is 10.1. The van der Waals surface area contributed by atoms with Crippen molar-refractivity contribution in [3.63, 3.8) is 0 Å². The van der Waals surface area contributed by atoms with Gasteiger partial charge in [0.1, 0.15) is 30.0 Å². The molecule has 0 aliphatic heterocycles. The summed E-state index contributed by atoms with van der Waals surface area (Å²) >= 11 is 0. The molecule has 35 heavy (non-hydrogen) atoms. The van der Waals surface area contributed by atoms with Crippen molar-refractivity contribution < 1.29 is 9.53 Å². The molecule has 0 atom stereocenters. The number of aromatic nitrogens is 5. The van der Waals surface area contributed by atoms with Crippen LogP contribution in [0.15, 0.2) is 67.4 Å². The standard InChI is InChI=1S/C25H24N8O2/c1-16-11-17(5-8-22(16)35-19-9-10-33-23(13-19)27-15-29-33)30-24-20-12-18(32(4)25(34)31(2)3)6-7-21(20)26-14-28-24/h5-15H,1-4H3,(H,26,28,30). The van der Waals surface area contributed by atoms with Crippen LogP contribution in [0.1, 0.15) is 5.56 Å². The van der Waals surface area contributed by atoms with Gasteiger partial charge in [0.05, 0.1) is 5.52 Å². The van der Waals surface area contributed by atoms with Gasteiger partial charge in [0, 0.05) is 50.2 Å². The summed E-state index contributed by atoms with van der Waals surface area (Å²) in [4.78, 5) is 28.5. The molecule has 3 heterocycles. The Morgan fingerprint density at radius 1 is 0.971 bits per heavy atom. The third kappa shape index (κ3) is 4.41. The van der Waals surface area contributed by atoms with Gasteiger partial charge in [0.25, 0.3) is 0 Å². The van der Waals surface area contributed by atoms with Crippen LogP contribution in [0.25, 0.3) is 16.6 Å². The monoisotopic (exact) mass is 468 g/mol. The third-order valence-corrected chi connectivity index (χ3v) is 5.59. The predicted molar refractivity (Wildman–Crippen MR) is 135 cm³/mol. The molecule has 0 saturated carbocycles. The summed E-state index contributed by atoms with van der Waals surface area (Å²) in [5, 5.41) is 8.28. The average Bonchev–Trinajstić information content (AvgIpc) is 3.32. The minimum absolute atomic E-state index is 0.120. The van der Waals surface area contributed by atoms with E-state index in [9.17, 15) is 4.79 Å². The Kier molecular flexibility index (Phi) is 5.61. The van der Waals surface area contributed by atoms with Gasteiger partial charge in [-0.15, -0.1) is 0 Å². The van der Waals surface area contributed by atoms with E-state index in [1.807, 2.05) is 55.5 Å². The van der Waals surface area contributed by atoms with Gasteiger partial charge in [-0.3, -0.25) is 4.90 Å². The molecule has 5 aromatic rings. The zero-order chi connectivity index (χ0) is 24.5. The number of urea groups is 1. The van der Waals surface area contributed by atoms with E-state index in [1.54, 1.807) is 36.8 Å². The molecule has 0 unspecified atom stereocenters. The number of aryl methyl sites for hydroxylation is 1. The minimum atomic E-state index is -0.120. The normalized spacial score (nSPS) is 11.0. The van der Waals surface area contributed by atoms with Crippen molar-refractivity contribution in [1.29, 1.82) is 0 Å². The highest BCUT2D eigenvalue weighted by Crippen LogP contribution is 2.31. The average molecular weight is 469 g/mol. The molecule has 0 bridgehead atoms. The molecule has 0 radical (unpaired) electrons. The topological polar surface area (TPSA) is 101 Å². The number of anilines is 3. The van der Waals surface area contributed by atoms with Crippen LogP contribution in [-0.4, -0.2) is 56.6 Å². The minimum Gasteiger partial charge on any atom is -0.457 e. The van der Waals surface area contributed by atoms with Crippen molar-refractivity contribution in [3.8, 4) is 11.5 Å². The number of amides is 2. The summed E-state index contributed by atoms with van der Waals surface area (Å²) in [6, 6.07) is 15.0. The van der Waals surface area contributed by atoms with Crippen LogP contribution in [0.2, 0.25) is 0 Å². The fraction of sp³-hybridized carbons (Fsp3) is 0.160. The van der Waals surface area contributed by atoms with Crippen LogP contribution in [0.3, 0.4) is 0 Å². The number of carbonyl (C=O) groups is 1. The number of fused-ring (bicyclic) bond motifs is 2. The zero-order valence-electron chi connectivity index (χ0n) is 19.8. The van der Waals surface area contributed by atoms with Crippen molar-refractivity contribution in [2.24, 2.45) is 0 Å². The van der Waals surface area contributed by atoms with E-state index in [0.29, 0.717) is 17.2 Å². The van der Waals surface area contributed by atoms with Crippen molar-refractivity contribution in [2.75, 3.05) is 31.4 Å². The number of rotatable bonds is 5. The predicted octanol–water partition coefficient (Wildman–Crippen LogP) is 4.63. The second-order valence-electron chi connectivity index (χ2n) is 8.29. The van der Waals surface area contributed by atoms with Crippen LogP contribution in [0.4, 0.5) is 22.0 Å². The SMILES string of the molecule is Cc1cc(Nc2ncnc3ccc(N(C)C(=O)N(C)C)cc23)ccc1Oc1ccn2ncnc2c1. The van der Waals surface area contributed by atoms with Gasteiger partial charge < -0.3 is 15.0 Å². The molecule has 176 valence electrons. The first kappa shape index (κ1) is 22.1. The van der Waals surface area contributed by atoms with E-state index in [-0.39, 0.29) is 6.03 Å². The molecule has 10 heteroatoms. The lowest BCUT2D eigenvalue weighted by molar-refractivity contribution is 0.225. The maximum Gasteiger partial charge on any atom is 0.323 e. The summed E-state index contributed by atoms with van der Waals surface area (Å²) in [7, 11) is 5.18. The molecule has 0 fully saturated rings. The van der Waals surface area contributed by atoms with Crippen LogP contribution in [-0.2, 0) is 0 Å². The summed E-state index contributed by atoms with van der Waals surface area (Å²) in [5.74, 6) is 2.06. The van der Waals surface area contributed by atoms with Gasteiger partial charge in [-0.05, 0) is 55.0 Å². The number of hydrogen-bond donors (Lipinski definition) is 1. The fourth-order valence-electron chi connectivity index (χ4n) is 3.73. The Bertz CT molecular complexity index is 1550. The molecule has 0 aliphatic carbocycles. The molecular weight excluding hydrogens is 444 g/mol. The van der Waals surface area contributed by atoms with Crippen molar-refractivity contribution in [3.05, 3.63) is 72.9 Å². The highest BCUT2D eigenvalue weighted by Gasteiger charge is 2.15. The lowest BCUT2D eigenvalue weighted by Crippen LogP contribution is -2.36. The number of ether oxygens (including phenoxy) is 1. The van der Waals surface area contributed by atoms with E-state index < -0.39 is 0 Å². The quantitative estimate of drug-likeness (QED) is 0.401. The second kappa shape index (κ2) is 8.90. The van der Waals surface area contributed by atoms with Crippen LogP contribution >= 0.6 is 0 Å². The highest BCUT2D eigenvalue weighted by atomic mass is 16.5. The first-order valence-electron chi connectivity index (χ1n) is 10.9. The Morgan fingerprint density at radius 2 is 1.83 bits per heavy atom. The second-order valence-corrected chi connectivity index (χ2v) is 8.29. The first-order chi connectivity index (χ1) is 16.9. The molecule has 0 spiro atoms. The van der Waals surface area contributed by atoms with E-state index in [4.69, 9.17) is 4.74 Å². The Hall–Kier alpha value is -4.73. The van der Waals surface area contributed by atoms with Crippen LogP contribution < -0.4 is 15.0 Å². The summed E-state index contributed by atoms with van der Waals surface area (Å²) in [6.45, 7) is 1.98. The van der Waals surface area contributed by atoms with Crippen LogP contribution in [0, 0.1) is 6.92 Å². The Balaban J connectivity index is 1.40. The van der Waals surface area contributed by atoms with E-state index in [0.717, 1.165) is 33.6 Å². The van der Waals surface area contributed by atoms with E-state index >= 15 is 0 Å². The van der Waals surface area contributed by atoms with Crippen molar-refractivity contribution in [1.82, 2.24) is 29.5 Å². The highest BCUT2D eigenvalue weighted by molar-refractivity contribution is 5.97.